The predicted octanol–water partition coefficient (Wildman–Crippen LogP) is 0.330. The number of esters is 1. The number of hydrogen-bond donors (Lipinski definition) is 1. The van der Waals surface area contributed by atoms with Crippen LogP contribution in [0.25, 0.3) is 0 Å². The summed E-state index contributed by atoms with van der Waals surface area (Å²) in [6.45, 7) is 4.04. The molecule has 0 aromatic carbocycles. The van der Waals surface area contributed by atoms with Crippen molar-refractivity contribution in [3.05, 3.63) is 0 Å². The maximum atomic E-state index is 10.7. The van der Waals surface area contributed by atoms with E-state index in [1.807, 2.05) is 6.92 Å². The molecule has 0 bridgehead atoms. The van der Waals surface area contributed by atoms with Crippen molar-refractivity contribution in [3.8, 4) is 0 Å². The number of aliphatic hydroxyl groups excluding tert-OH is 1. The molecule has 0 saturated heterocycles. The maximum absolute atomic E-state index is 10.7. The van der Waals surface area contributed by atoms with Crippen molar-refractivity contribution < 1.29 is 14.6 Å². The van der Waals surface area contributed by atoms with Gasteiger partial charge in [-0.3, -0.25) is 0 Å². The third-order valence-electron chi connectivity index (χ3n) is 1.11. The molecule has 1 radical (unpaired) electrons. The molecule has 0 fully saturated rings. The monoisotopic (exact) mass is 169 g/mol. The first-order valence-corrected chi connectivity index (χ1v) is 3.57. The van der Waals surface area contributed by atoms with Gasteiger partial charge in [0.25, 0.3) is 0 Å². The SMILES string of the molecule is CCCOC(=O)C(O)CC.[Na]. The summed E-state index contributed by atoms with van der Waals surface area (Å²) in [4.78, 5) is 10.7. The summed E-state index contributed by atoms with van der Waals surface area (Å²) in [6.07, 6.45) is 0.275. The van der Waals surface area contributed by atoms with E-state index in [-0.39, 0.29) is 29.6 Å². The Morgan fingerprint density at radius 2 is 2.09 bits per heavy atom. The molecule has 0 aliphatic rings. The zero-order valence-corrected chi connectivity index (χ0v) is 9.46. The van der Waals surface area contributed by atoms with Crippen LogP contribution in [0.4, 0.5) is 0 Å². The average Bonchev–Trinajstić information content (AvgIpc) is 1.98. The maximum Gasteiger partial charge on any atom is 0.334 e. The second-order valence-electron chi connectivity index (χ2n) is 2.09. The fourth-order valence-electron chi connectivity index (χ4n) is 0.466. The normalized spacial score (nSPS) is 11.5. The molecule has 11 heavy (non-hydrogen) atoms. The summed E-state index contributed by atoms with van der Waals surface area (Å²) in [5.74, 6) is -0.510. The summed E-state index contributed by atoms with van der Waals surface area (Å²) in [5, 5.41) is 8.88. The minimum absolute atomic E-state index is 0. The van der Waals surface area contributed by atoms with Gasteiger partial charge in [-0.25, -0.2) is 4.79 Å². The first-order chi connectivity index (χ1) is 4.72. The number of ether oxygens (including phenoxy) is 1. The minimum Gasteiger partial charge on any atom is -0.464 e. The molecule has 0 saturated carbocycles. The molecule has 0 rings (SSSR count). The van der Waals surface area contributed by atoms with Crippen LogP contribution in [0.2, 0.25) is 0 Å². The Kier molecular flexibility index (Phi) is 10.8. The Bertz CT molecular complexity index is 106. The van der Waals surface area contributed by atoms with Crippen LogP contribution in [-0.4, -0.2) is 53.3 Å². The molecule has 3 nitrogen and oxygen atoms in total. The van der Waals surface area contributed by atoms with Crippen LogP contribution in [0, 0.1) is 0 Å². The Morgan fingerprint density at radius 3 is 2.45 bits per heavy atom. The van der Waals surface area contributed by atoms with Gasteiger partial charge in [-0.05, 0) is 12.8 Å². The number of carbonyl (C=O) groups is 1. The molecule has 4 heteroatoms. The third kappa shape index (κ3) is 6.81. The number of hydrogen-bond acceptors (Lipinski definition) is 3. The molecular weight excluding hydrogens is 155 g/mol. The zero-order valence-electron chi connectivity index (χ0n) is 7.46. The van der Waals surface area contributed by atoms with Crippen LogP contribution < -0.4 is 0 Å². The average molecular weight is 169 g/mol. The van der Waals surface area contributed by atoms with E-state index in [9.17, 15) is 4.79 Å². The van der Waals surface area contributed by atoms with E-state index in [4.69, 9.17) is 5.11 Å². The Labute approximate surface area is 89.4 Å². The minimum atomic E-state index is -0.938. The Morgan fingerprint density at radius 1 is 1.55 bits per heavy atom. The molecule has 1 N–H and O–H groups in total. The van der Waals surface area contributed by atoms with Gasteiger partial charge in [-0.1, -0.05) is 13.8 Å². The second kappa shape index (κ2) is 8.53. The van der Waals surface area contributed by atoms with Gasteiger partial charge in [0.05, 0.1) is 6.61 Å². The van der Waals surface area contributed by atoms with E-state index in [1.165, 1.54) is 0 Å². The van der Waals surface area contributed by atoms with Crippen molar-refractivity contribution in [2.45, 2.75) is 32.8 Å². The predicted molar refractivity (Wildman–Crippen MR) is 43.3 cm³/mol. The molecule has 0 heterocycles. The van der Waals surface area contributed by atoms with Crippen LogP contribution in [0.1, 0.15) is 26.7 Å². The van der Waals surface area contributed by atoms with Crippen LogP contribution >= 0.6 is 0 Å². The molecule has 1 unspecified atom stereocenters. The smallest absolute Gasteiger partial charge is 0.334 e. The number of rotatable bonds is 4. The van der Waals surface area contributed by atoms with E-state index in [0.717, 1.165) is 6.42 Å². The summed E-state index contributed by atoms with van der Waals surface area (Å²) in [6, 6.07) is 0. The molecule has 0 aliphatic heterocycles. The summed E-state index contributed by atoms with van der Waals surface area (Å²) in [7, 11) is 0. The zero-order chi connectivity index (χ0) is 7.98. The molecule has 0 spiro atoms. The van der Waals surface area contributed by atoms with Gasteiger partial charge in [0.2, 0.25) is 0 Å². The van der Waals surface area contributed by atoms with Crippen molar-refractivity contribution >= 4 is 35.5 Å². The summed E-state index contributed by atoms with van der Waals surface area (Å²) >= 11 is 0. The van der Waals surface area contributed by atoms with Gasteiger partial charge in [0.1, 0.15) is 0 Å². The van der Waals surface area contributed by atoms with E-state index >= 15 is 0 Å². The van der Waals surface area contributed by atoms with E-state index < -0.39 is 12.1 Å². The van der Waals surface area contributed by atoms with Gasteiger partial charge >= 0.3 is 5.97 Å². The molecule has 0 aromatic heterocycles. The Balaban J connectivity index is 0. The van der Waals surface area contributed by atoms with Crippen molar-refractivity contribution in [1.29, 1.82) is 0 Å². The van der Waals surface area contributed by atoms with Gasteiger partial charge in [-0.2, -0.15) is 0 Å². The van der Waals surface area contributed by atoms with Gasteiger partial charge in [0, 0.05) is 29.6 Å². The van der Waals surface area contributed by atoms with Gasteiger partial charge in [0.15, 0.2) is 6.10 Å². The summed E-state index contributed by atoms with van der Waals surface area (Å²) < 4.78 is 4.65. The third-order valence-corrected chi connectivity index (χ3v) is 1.11. The van der Waals surface area contributed by atoms with E-state index in [1.54, 1.807) is 6.92 Å². The van der Waals surface area contributed by atoms with Crippen LogP contribution in [0.5, 0.6) is 0 Å². The quantitative estimate of drug-likeness (QED) is 0.487. The molecule has 0 aromatic rings. The molecule has 61 valence electrons. The van der Waals surface area contributed by atoms with Crippen LogP contribution in [-0.2, 0) is 9.53 Å². The standard InChI is InChI=1S/C7H14O3.Na/c1-3-5-10-7(9)6(8)4-2;/h6,8H,3-5H2,1-2H3;. The molecule has 1 atom stereocenters. The van der Waals surface area contributed by atoms with Crippen LogP contribution in [0.15, 0.2) is 0 Å². The molecule has 0 amide bonds. The topological polar surface area (TPSA) is 46.5 Å². The molecule has 0 aliphatic carbocycles. The Hall–Kier alpha value is 0.430. The van der Waals surface area contributed by atoms with Crippen LogP contribution in [0.3, 0.4) is 0 Å². The first kappa shape index (κ1) is 14.0. The number of carbonyl (C=O) groups excluding carboxylic acids is 1. The summed E-state index contributed by atoms with van der Waals surface area (Å²) in [5.41, 5.74) is 0. The van der Waals surface area contributed by atoms with Crippen molar-refractivity contribution in [1.82, 2.24) is 0 Å². The van der Waals surface area contributed by atoms with Crippen molar-refractivity contribution in [3.63, 3.8) is 0 Å². The van der Waals surface area contributed by atoms with Crippen molar-refractivity contribution in [2.75, 3.05) is 6.61 Å². The van der Waals surface area contributed by atoms with Gasteiger partial charge in [-0.15, -0.1) is 0 Å². The molecular formula is C7H14NaO3. The number of aliphatic hydroxyl groups is 1. The fraction of sp³-hybridized carbons (Fsp3) is 0.857. The van der Waals surface area contributed by atoms with Gasteiger partial charge < -0.3 is 9.84 Å². The first-order valence-electron chi connectivity index (χ1n) is 3.57. The fourth-order valence-corrected chi connectivity index (χ4v) is 0.466. The largest absolute Gasteiger partial charge is 0.464 e. The van der Waals surface area contributed by atoms with Crippen molar-refractivity contribution in [2.24, 2.45) is 0 Å². The van der Waals surface area contributed by atoms with E-state index in [0.29, 0.717) is 13.0 Å². The van der Waals surface area contributed by atoms with E-state index in [2.05, 4.69) is 4.74 Å². The second-order valence-corrected chi connectivity index (χ2v) is 2.09.